The topological polar surface area (TPSA) is 15.3 Å². The third-order valence-electron chi connectivity index (χ3n) is 3.40. The first-order valence-electron chi connectivity index (χ1n) is 7.33. The minimum absolute atomic E-state index is 0.370. The van der Waals surface area contributed by atoms with Crippen LogP contribution in [0.1, 0.15) is 48.9 Å². The maximum absolute atomic E-state index is 3.60. The van der Waals surface area contributed by atoms with E-state index in [1.54, 1.807) is 0 Å². The highest BCUT2D eigenvalue weighted by Gasteiger charge is 2.20. The Balaban J connectivity index is 1.88. The van der Waals surface area contributed by atoms with Crippen molar-refractivity contribution >= 4 is 11.3 Å². The molecule has 1 saturated carbocycles. The lowest BCUT2D eigenvalue weighted by Crippen LogP contribution is -2.28. The van der Waals surface area contributed by atoms with E-state index < -0.39 is 0 Å². The van der Waals surface area contributed by atoms with Crippen molar-refractivity contribution in [3.63, 3.8) is 0 Å². The lowest BCUT2D eigenvalue weighted by Gasteiger charge is -2.26. The Bertz CT molecular complexity index is 413. The van der Waals surface area contributed by atoms with Crippen molar-refractivity contribution in [1.29, 1.82) is 0 Å². The van der Waals surface area contributed by atoms with E-state index in [0.717, 1.165) is 25.7 Å². The summed E-state index contributed by atoms with van der Waals surface area (Å²) in [5.41, 5.74) is 1.87. The molecule has 3 heteroatoms. The standard InChI is InChI=1S/C16H28N2S/c1-12-13(10-18(5)11-16(2,3)4)8-15(19-12)9-17-14-6-7-14/h8,14,17H,6-7,9-11H2,1-5H3. The Morgan fingerprint density at radius 1 is 1.37 bits per heavy atom. The van der Waals surface area contributed by atoms with Crippen molar-refractivity contribution in [2.45, 2.75) is 59.7 Å². The minimum Gasteiger partial charge on any atom is -0.309 e. The predicted molar refractivity (Wildman–Crippen MR) is 84.7 cm³/mol. The second kappa shape index (κ2) is 5.94. The Morgan fingerprint density at radius 2 is 2.05 bits per heavy atom. The highest BCUT2D eigenvalue weighted by molar-refractivity contribution is 7.12. The van der Waals surface area contributed by atoms with E-state index in [-0.39, 0.29) is 0 Å². The summed E-state index contributed by atoms with van der Waals surface area (Å²) in [6, 6.07) is 3.20. The molecule has 0 radical (unpaired) electrons. The first-order valence-corrected chi connectivity index (χ1v) is 8.15. The Labute approximate surface area is 122 Å². The van der Waals surface area contributed by atoms with Gasteiger partial charge in [-0.05, 0) is 43.9 Å². The molecule has 0 spiro atoms. The van der Waals surface area contributed by atoms with Crippen molar-refractivity contribution in [3.8, 4) is 0 Å². The van der Waals surface area contributed by atoms with Gasteiger partial charge in [0.1, 0.15) is 0 Å². The van der Waals surface area contributed by atoms with Crippen LogP contribution in [0.4, 0.5) is 0 Å². The molecule has 19 heavy (non-hydrogen) atoms. The molecule has 1 aromatic heterocycles. The lowest BCUT2D eigenvalue weighted by atomic mass is 9.96. The van der Waals surface area contributed by atoms with Crippen LogP contribution in [0.3, 0.4) is 0 Å². The molecule has 2 nitrogen and oxygen atoms in total. The Hall–Kier alpha value is -0.380. The van der Waals surface area contributed by atoms with E-state index in [2.05, 4.69) is 51.0 Å². The van der Waals surface area contributed by atoms with Gasteiger partial charge in [-0.3, -0.25) is 0 Å². The van der Waals surface area contributed by atoms with Gasteiger partial charge in [-0.2, -0.15) is 0 Å². The fourth-order valence-electron chi connectivity index (χ4n) is 2.52. The third kappa shape index (κ3) is 5.25. The molecule has 0 unspecified atom stereocenters. The van der Waals surface area contributed by atoms with Crippen LogP contribution in [-0.4, -0.2) is 24.5 Å². The van der Waals surface area contributed by atoms with Gasteiger partial charge in [-0.25, -0.2) is 0 Å². The van der Waals surface area contributed by atoms with Crippen LogP contribution >= 0.6 is 11.3 Å². The molecule has 1 N–H and O–H groups in total. The van der Waals surface area contributed by atoms with Crippen molar-refractivity contribution in [2.24, 2.45) is 5.41 Å². The molecule has 1 aliphatic rings. The molecule has 0 amide bonds. The summed E-state index contributed by atoms with van der Waals surface area (Å²) in [6.07, 6.45) is 2.73. The smallest absolute Gasteiger partial charge is 0.0302 e. The van der Waals surface area contributed by atoms with Crippen molar-refractivity contribution in [3.05, 3.63) is 21.4 Å². The molecule has 0 atom stereocenters. The monoisotopic (exact) mass is 280 g/mol. The molecule has 108 valence electrons. The van der Waals surface area contributed by atoms with Crippen LogP contribution in [0.2, 0.25) is 0 Å². The van der Waals surface area contributed by atoms with Gasteiger partial charge in [0.2, 0.25) is 0 Å². The van der Waals surface area contributed by atoms with Gasteiger partial charge in [0.25, 0.3) is 0 Å². The summed E-state index contributed by atoms with van der Waals surface area (Å²) in [4.78, 5) is 5.41. The Kier molecular flexibility index (Phi) is 4.70. The summed E-state index contributed by atoms with van der Waals surface area (Å²) in [5.74, 6) is 0. The van der Waals surface area contributed by atoms with E-state index in [4.69, 9.17) is 0 Å². The number of nitrogens with zero attached hydrogens (tertiary/aromatic N) is 1. The quantitative estimate of drug-likeness (QED) is 0.853. The first kappa shape index (κ1) is 15.0. The second-order valence-corrected chi connectivity index (χ2v) is 8.52. The van der Waals surface area contributed by atoms with Gasteiger partial charge in [-0.15, -0.1) is 11.3 Å². The zero-order valence-corrected chi connectivity index (χ0v) is 13.9. The van der Waals surface area contributed by atoms with Gasteiger partial charge >= 0.3 is 0 Å². The normalized spacial score (nSPS) is 16.3. The number of hydrogen-bond acceptors (Lipinski definition) is 3. The zero-order valence-electron chi connectivity index (χ0n) is 13.0. The molecular formula is C16H28N2S. The van der Waals surface area contributed by atoms with E-state index in [9.17, 15) is 0 Å². The van der Waals surface area contributed by atoms with Crippen LogP contribution < -0.4 is 5.32 Å². The number of hydrogen-bond donors (Lipinski definition) is 1. The van der Waals surface area contributed by atoms with Gasteiger partial charge in [0, 0.05) is 35.4 Å². The lowest BCUT2D eigenvalue weighted by molar-refractivity contribution is 0.220. The van der Waals surface area contributed by atoms with Crippen LogP contribution in [0.5, 0.6) is 0 Å². The third-order valence-corrected chi connectivity index (χ3v) is 4.49. The molecule has 2 rings (SSSR count). The molecule has 1 heterocycles. The SMILES string of the molecule is Cc1sc(CNC2CC2)cc1CN(C)CC(C)(C)C. The van der Waals surface area contributed by atoms with E-state index in [0.29, 0.717) is 5.41 Å². The molecule has 1 aromatic rings. The van der Waals surface area contributed by atoms with Gasteiger partial charge in [0.15, 0.2) is 0 Å². The highest BCUT2D eigenvalue weighted by atomic mass is 32.1. The molecule has 0 saturated heterocycles. The molecule has 0 aromatic carbocycles. The average Bonchev–Trinajstić information content (AvgIpc) is 3.00. The fraction of sp³-hybridized carbons (Fsp3) is 0.750. The number of nitrogens with one attached hydrogen (secondary N) is 1. The fourth-order valence-corrected chi connectivity index (χ4v) is 3.53. The van der Waals surface area contributed by atoms with Gasteiger partial charge in [0.05, 0.1) is 0 Å². The van der Waals surface area contributed by atoms with Gasteiger partial charge in [-0.1, -0.05) is 20.8 Å². The van der Waals surface area contributed by atoms with Crippen molar-refractivity contribution in [1.82, 2.24) is 10.2 Å². The van der Waals surface area contributed by atoms with Crippen molar-refractivity contribution in [2.75, 3.05) is 13.6 Å². The average molecular weight is 280 g/mol. The van der Waals surface area contributed by atoms with Crippen LogP contribution in [0.15, 0.2) is 6.07 Å². The van der Waals surface area contributed by atoms with E-state index in [1.807, 2.05) is 11.3 Å². The Morgan fingerprint density at radius 3 is 2.63 bits per heavy atom. The number of thiophene rings is 1. The van der Waals surface area contributed by atoms with Crippen LogP contribution in [-0.2, 0) is 13.1 Å². The first-order chi connectivity index (χ1) is 8.83. The van der Waals surface area contributed by atoms with E-state index >= 15 is 0 Å². The van der Waals surface area contributed by atoms with Crippen molar-refractivity contribution < 1.29 is 0 Å². The molecule has 1 aliphatic carbocycles. The number of rotatable bonds is 6. The number of aryl methyl sites for hydroxylation is 1. The summed E-state index contributed by atoms with van der Waals surface area (Å²) < 4.78 is 0. The maximum Gasteiger partial charge on any atom is 0.0302 e. The summed E-state index contributed by atoms with van der Waals surface area (Å²) >= 11 is 1.95. The predicted octanol–water partition coefficient (Wildman–Crippen LogP) is 3.79. The molecular weight excluding hydrogens is 252 g/mol. The van der Waals surface area contributed by atoms with Crippen LogP contribution in [0, 0.1) is 12.3 Å². The maximum atomic E-state index is 3.60. The summed E-state index contributed by atoms with van der Waals surface area (Å²) in [5, 5.41) is 3.60. The zero-order chi connectivity index (χ0) is 14.0. The van der Waals surface area contributed by atoms with E-state index in [1.165, 1.54) is 28.2 Å². The molecule has 0 aliphatic heterocycles. The minimum atomic E-state index is 0.370. The largest absolute Gasteiger partial charge is 0.309 e. The highest BCUT2D eigenvalue weighted by Crippen LogP contribution is 2.25. The van der Waals surface area contributed by atoms with Gasteiger partial charge < -0.3 is 10.2 Å². The van der Waals surface area contributed by atoms with Crippen LogP contribution in [0.25, 0.3) is 0 Å². The molecule has 1 fully saturated rings. The summed E-state index contributed by atoms with van der Waals surface area (Å²) in [7, 11) is 2.23. The summed E-state index contributed by atoms with van der Waals surface area (Å²) in [6.45, 7) is 12.4. The second-order valence-electron chi connectivity index (χ2n) is 7.18. The molecule has 0 bridgehead atoms.